The van der Waals surface area contributed by atoms with Gasteiger partial charge in [-0.05, 0) is 23.4 Å². The van der Waals surface area contributed by atoms with Crippen LogP contribution in [0.2, 0.25) is 0 Å². The van der Waals surface area contributed by atoms with Gasteiger partial charge in [-0.15, -0.1) is 21.5 Å². The highest BCUT2D eigenvalue weighted by Crippen LogP contribution is 2.21. The second-order valence-electron chi connectivity index (χ2n) is 5.50. The average Bonchev–Trinajstić information content (AvgIpc) is 3.29. The van der Waals surface area contributed by atoms with Crippen molar-refractivity contribution < 1.29 is 4.79 Å². The molecule has 0 unspecified atom stereocenters. The van der Waals surface area contributed by atoms with Crippen LogP contribution in [0, 0.1) is 0 Å². The highest BCUT2D eigenvalue weighted by molar-refractivity contribution is 7.99. The highest BCUT2D eigenvalue weighted by atomic mass is 32.2. The highest BCUT2D eigenvalue weighted by Gasteiger charge is 2.14. The summed E-state index contributed by atoms with van der Waals surface area (Å²) in [6.45, 7) is 0.799. The lowest BCUT2D eigenvalue weighted by molar-refractivity contribution is -0.118. The molecule has 0 aliphatic heterocycles. The summed E-state index contributed by atoms with van der Waals surface area (Å²) in [5, 5.41) is 14.2. The lowest BCUT2D eigenvalue weighted by Gasteiger charge is -2.10. The third-order valence-electron chi connectivity index (χ3n) is 3.78. The number of amides is 1. The maximum atomic E-state index is 11.6. The van der Waals surface area contributed by atoms with Crippen molar-refractivity contribution in [2.45, 2.75) is 24.5 Å². The average molecular weight is 373 g/mol. The van der Waals surface area contributed by atoms with Crippen LogP contribution in [0.1, 0.15) is 16.3 Å². The summed E-state index contributed by atoms with van der Waals surface area (Å²) < 4.78 is 2.14. The van der Waals surface area contributed by atoms with Crippen molar-refractivity contribution in [2.24, 2.45) is 0 Å². The van der Waals surface area contributed by atoms with Crippen LogP contribution in [-0.4, -0.2) is 33.5 Å². The SMILES string of the molecule is CNC(=O)CSc1nnc(Cc2cccs2)n1CCc1ccccc1. The standard InChI is InChI=1S/C18H20N4OS2/c1-19-17(23)13-25-18-21-20-16(12-15-8-5-11-24-15)22(18)10-9-14-6-3-2-4-7-14/h2-8,11H,9-10,12-13H2,1H3,(H,19,23). The second-order valence-corrected chi connectivity index (χ2v) is 7.48. The van der Waals surface area contributed by atoms with Gasteiger partial charge in [-0.3, -0.25) is 4.79 Å². The molecule has 130 valence electrons. The number of carbonyl (C=O) groups is 1. The van der Waals surface area contributed by atoms with Crippen LogP contribution in [0.4, 0.5) is 0 Å². The van der Waals surface area contributed by atoms with E-state index in [0.717, 1.165) is 30.4 Å². The first-order valence-corrected chi connectivity index (χ1v) is 9.94. The molecule has 0 atom stereocenters. The van der Waals surface area contributed by atoms with Crippen LogP contribution in [-0.2, 0) is 24.2 Å². The maximum absolute atomic E-state index is 11.6. The quantitative estimate of drug-likeness (QED) is 0.618. The predicted molar refractivity (Wildman–Crippen MR) is 102 cm³/mol. The molecule has 1 amide bonds. The van der Waals surface area contributed by atoms with Crippen molar-refractivity contribution in [3.63, 3.8) is 0 Å². The molecule has 0 spiro atoms. The zero-order chi connectivity index (χ0) is 17.5. The van der Waals surface area contributed by atoms with Crippen molar-refractivity contribution in [3.8, 4) is 0 Å². The second kappa shape index (κ2) is 8.82. The minimum atomic E-state index is -0.0117. The van der Waals surface area contributed by atoms with Crippen molar-refractivity contribution in [1.82, 2.24) is 20.1 Å². The Hall–Kier alpha value is -2.12. The predicted octanol–water partition coefficient (Wildman–Crippen LogP) is 3.01. The van der Waals surface area contributed by atoms with Gasteiger partial charge in [0.05, 0.1) is 5.75 Å². The number of benzene rings is 1. The lowest BCUT2D eigenvalue weighted by Crippen LogP contribution is -2.20. The Bertz CT molecular complexity index is 800. The largest absolute Gasteiger partial charge is 0.358 e. The molecule has 0 saturated heterocycles. The zero-order valence-corrected chi connectivity index (χ0v) is 15.6. The Morgan fingerprint density at radius 2 is 2.04 bits per heavy atom. The molecule has 3 rings (SSSR count). The molecule has 2 heterocycles. The maximum Gasteiger partial charge on any atom is 0.230 e. The summed E-state index contributed by atoms with van der Waals surface area (Å²) >= 11 is 3.15. The molecule has 0 radical (unpaired) electrons. The first-order chi connectivity index (χ1) is 12.3. The van der Waals surface area contributed by atoms with Crippen LogP contribution >= 0.6 is 23.1 Å². The summed E-state index contributed by atoms with van der Waals surface area (Å²) in [6.07, 6.45) is 1.67. The van der Waals surface area contributed by atoms with Gasteiger partial charge in [0.2, 0.25) is 5.91 Å². The van der Waals surface area contributed by atoms with Gasteiger partial charge in [0, 0.05) is 24.9 Å². The number of thioether (sulfide) groups is 1. The first-order valence-electron chi connectivity index (χ1n) is 8.08. The van der Waals surface area contributed by atoms with Crippen LogP contribution in [0.25, 0.3) is 0 Å². The molecule has 0 saturated carbocycles. The van der Waals surface area contributed by atoms with Gasteiger partial charge in [-0.1, -0.05) is 48.2 Å². The van der Waals surface area contributed by atoms with E-state index in [9.17, 15) is 4.79 Å². The van der Waals surface area contributed by atoms with E-state index in [1.807, 2.05) is 12.1 Å². The van der Waals surface area contributed by atoms with Crippen LogP contribution in [0.5, 0.6) is 0 Å². The van der Waals surface area contributed by atoms with E-state index in [2.05, 4.69) is 55.8 Å². The molecule has 0 fully saturated rings. The van der Waals surface area contributed by atoms with Gasteiger partial charge in [0.15, 0.2) is 5.16 Å². The Kier molecular flexibility index (Phi) is 6.25. The van der Waals surface area contributed by atoms with Gasteiger partial charge in [0.25, 0.3) is 0 Å². The third-order valence-corrected chi connectivity index (χ3v) is 5.63. The third kappa shape index (κ3) is 4.93. The normalized spacial score (nSPS) is 10.8. The number of hydrogen-bond donors (Lipinski definition) is 1. The van der Waals surface area contributed by atoms with Gasteiger partial charge >= 0.3 is 0 Å². The molecular weight excluding hydrogens is 352 g/mol. The van der Waals surface area contributed by atoms with Crippen molar-refractivity contribution >= 4 is 29.0 Å². The fraction of sp³-hybridized carbons (Fsp3) is 0.278. The summed E-state index contributed by atoms with van der Waals surface area (Å²) in [5.41, 5.74) is 1.28. The number of thiophene rings is 1. The molecule has 0 aliphatic rings. The minimum absolute atomic E-state index is 0.0117. The van der Waals surface area contributed by atoms with Crippen molar-refractivity contribution in [1.29, 1.82) is 0 Å². The Balaban J connectivity index is 1.77. The number of nitrogens with zero attached hydrogens (tertiary/aromatic N) is 3. The zero-order valence-electron chi connectivity index (χ0n) is 14.0. The fourth-order valence-electron chi connectivity index (χ4n) is 2.44. The van der Waals surface area contributed by atoms with E-state index in [1.165, 1.54) is 22.2 Å². The lowest BCUT2D eigenvalue weighted by atomic mass is 10.1. The van der Waals surface area contributed by atoms with E-state index in [-0.39, 0.29) is 5.91 Å². The number of nitrogens with one attached hydrogen (secondary N) is 1. The molecule has 2 aromatic heterocycles. The van der Waals surface area contributed by atoms with E-state index in [4.69, 9.17) is 0 Å². The number of rotatable bonds is 8. The smallest absolute Gasteiger partial charge is 0.230 e. The summed E-state index contributed by atoms with van der Waals surface area (Å²) in [4.78, 5) is 12.8. The molecule has 3 aromatic rings. The number of aromatic nitrogens is 3. The summed E-state index contributed by atoms with van der Waals surface area (Å²) in [5.74, 6) is 1.28. The van der Waals surface area contributed by atoms with E-state index in [1.54, 1.807) is 18.4 Å². The van der Waals surface area contributed by atoms with Crippen LogP contribution in [0.15, 0.2) is 53.0 Å². The van der Waals surface area contributed by atoms with Crippen LogP contribution in [0.3, 0.4) is 0 Å². The van der Waals surface area contributed by atoms with Gasteiger partial charge in [0.1, 0.15) is 5.82 Å². The molecule has 7 heteroatoms. The van der Waals surface area contributed by atoms with Gasteiger partial charge in [-0.2, -0.15) is 0 Å². The monoisotopic (exact) mass is 372 g/mol. The minimum Gasteiger partial charge on any atom is -0.358 e. The van der Waals surface area contributed by atoms with E-state index in [0.29, 0.717) is 5.75 Å². The molecular formula is C18H20N4OS2. The summed E-state index contributed by atoms with van der Waals surface area (Å²) in [6, 6.07) is 14.5. The van der Waals surface area contributed by atoms with Gasteiger partial charge < -0.3 is 9.88 Å². The van der Waals surface area contributed by atoms with E-state index >= 15 is 0 Å². The first kappa shape index (κ1) is 17.7. The number of aryl methyl sites for hydroxylation is 1. The Labute approximate surface area is 155 Å². The van der Waals surface area contributed by atoms with Crippen LogP contribution < -0.4 is 5.32 Å². The number of hydrogen-bond acceptors (Lipinski definition) is 5. The van der Waals surface area contributed by atoms with Gasteiger partial charge in [-0.25, -0.2) is 0 Å². The molecule has 0 bridgehead atoms. The molecule has 5 nitrogen and oxygen atoms in total. The Morgan fingerprint density at radius 3 is 2.76 bits per heavy atom. The molecule has 1 aromatic carbocycles. The fourth-order valence-corrected chi connectivity index (χ4v) is 4.00. The molecule has 1 N–H and O–H groups in total. The number of carbonyl (C=O) groups excluding carboxylic acids is 1. The van der Waals surface area contributed by atoms with Crippen molar-refractivity contribution in [3.05, 3.63) is 64.1 Å². The molecule has 0 aliphatic carbocycles. The van der Waals surface area contributed by atoms with E-state index < -0.39 is 0 Å². The summed E-state index contributed by atoms with van der Waals surface area (Å²) in [7, 11) is 1.64. The Morgan fingerprint density at radius 1 is 1.20 bits per heavy atom. The topological polar surface area (TPSA) is 59.8 Å². The van der Waals surface area contributed by atoms with Crippen molar-refractivity contribution in [2.75, 3.05) is 12.8 Å². The molecule has 25 heavy (non-hydrogen) atoms.